The Kier molecular flexibility index (Phi) is 5.23. The van der Waals surface area contributed by atoms with Gasteiger partial charge in [0, 0.05) is 35.5 Å². The van der Waals surface area contributed by atoms with Crippen LogP contribution in [0.1, 0.15) is 55.6 Å². The number of carbonyl (C=O) groups excluding carboxylic acids is 1. The molecule has 2 N–H and O–H groups in total. The van der Waals surface area contributed by atoms with E-state index < -0.39 is 0 Å². The van der Waals surface area contributed by atoms with E-state index in [9.17, 15) is 9.18 Å². The average molecular weight is 364 g/mol. The van der Waals surface area contributed by atoms with Crippen LogP contribution in [0, 0.1) is 5.82 Å². The Bertz CT molecular complexity index is 927. The van der Waals surface area contributed by atoms with Crippen LogP contribution in [0.3, 0.4) is 0 Å². The Balaban J connectivity index is 1.63. The number of halogens is 1. The van der Waals surface area contributed by atoms with E-state index >= 15 is 0 Å². The molecule has 3 aromatic rings. The second-order valence-corrected chi connectivity index (χ2v) is 7.50. The Morgan fingerprint density at radius 1 is 1.11 bits per heavy atom. The number of amides is 1. The van der Waals surface area contributed by atoms with Crippen LogP contribution in [0.2, 0.25) is 0 Å². The summed E-state index contributed by atoms with van der Waals surface area (Å²) in [5.41, 5.74) is 2.90. The molecule has 0 bridgehead atoms. The minimum atomic E-state index is -0.273. The van der Waals surface area contributed by atoms with Crippen LogP contribution in [0.15, 0.2) is 54.7 Å². The molecule has 1 aromatic heterocycles. The summed E-state index contributed by atoms with van der Waals surface area (Å²) in [7, 11) is 0. The first-order chi connectivity index (χ1) is 13.2. The van der Waals surface area contributed by atoms with Crippen LogP contribution >= 0.6 is 0 Å². The van der Waals surface area contributed by atoms with Gasteiger partial charge in [-0.05, 0) is 42.2 Å². The quantitative estimate of drug-likeness (QED) is 0.636. The first-order valence-corrected chi connectivity index (χ1v) is 9.81. The van der Waals surface area contributed by atoms with Crippen LogP contribution in [-0.2, 0) is 4.79 Å². The number of fused-ring (bicyclic) bond motifs is 1. The number of hydrogen-bond acceptors (Lipinski definition) is 1. The van der Waals surface area contributed by atoms with Gasteiger partial charge in [0.05, 0.1) is 0 Å². The summed E-state index contributed by atoms with van der Waals surface area (Å²) >= 11 is 0. The number of aromatic amines is 1. The van der Waals surface area contributed by atoms with Crippen molar-refractivity contribution in [3.05, 3.63) is 71.7 Å². The lowest BCUT2D eigenvalue weighted by molar-refractivity contribution is -0.122. The highest BCUT2D eigenvalue weighted by molar-refractivity contribution is 5.86. The number of carbonyl (C=O) groups is 1. The summed E-state index contributed by atoms with van der Waals surface area (Å²) in [4.78, 5) is 16.1. The predicted molar refractivity (Wildman–Crippen MR) is 106 cm³/mol. The van der Waals surface area contributed by atoms with E-state index in [0.29, 0.717) is 6.42 Å². The van der Waals surface area contributed by atoms with Crippen LogP contribution in [-0.4, -0.2) is 16.9 Å². The molecule has 0 radical (unpaired) electrons. The topological polar surface area (TPSA) is 44.9 Å². The fraction of sp³-hybridized carbons (Fsp3) is 0.348. The van der Waals surface area contributed by atoms with Gasteiger partial charge in [-0.15, -0.1) is 0 Å². The number of rotatable bonds is 5. The largest absolute Gasteiger partial charge is 0.361 e. The average Bonchev–Trinajstić information content (AvgIpc) is 3.11. The summed E-state index contributed by atoms with van der Waals surface area (Å²) in [5.74, 6) is -0.410. The van der Waals surface area contributed by atoms with E-state index in [-0.39, 0.29) is 23.7 Å². The summed E-state index contributed by atoms with van der Waals surface area (Å²) in [6.07, 6.45) is 8.01. The van der Waals surface area contributed by atoms with Crippen molar-refractivity contribution in [3.8, 4) is 0 Å². The predicted octanol–water partition coefficient (Wildman–Crippen LogP) is 5.28. The van der Waals surface area contributed by atoms with Crippen molar-refractivity contribution in [2.45, 2.75) is 50.5 Å². The molecule has 3 nitrogen and oxygen atoms in total. The lowest BCUT2D eigenvalue weighted by Crippen LogP contribution is -2.36. The fourth-order valence-electron chi connectivity index (χ4n) is 4.23. The molecule has 1 amide bonds. The maximum Gasteiger partial charge on any atom is 0.221 e. The van der Waals surface area contributed by atoms with Crippen molar-refractivity contribution >= 4 is 16.8 Å². The fourth-order valence-corrected chi connectivity index (χ4v) is 4.23. The molecule has 1 aliphatic carbocycles. The zero-order valence-electron chi connectivity index (χ0n) is 15.4. The second kappa shape index (κ2) is 7.95. The maximum atomic E-state index is 13.9. The molecule has 27 heavy (non-hydrogen) atoms. The highest BCUT2D eigenvalue weighted by Crippen LogP contribution is 2.34. The molecule has 1 atom stereocenters. The molecule has 0 aliphatic heterocycles. The third-order valence-electron chi connectivity index (χ3n) is 5.61. The maximum absolute atomic E-state index is 13.9. The van der Waals surface area contributed by atoms with Crippen LogP contribution in [0.25, 0.3) is 10.9 Å². The molecule has 1 saturated carbocycles. The van der Waals surface area contributed by atoms with E-state index in [4.69, 9.17) is 0 Å². The third kappa shape index (κ3) is 4.05. The zero-order valence-corrected chi connectivity index (χ0v) is 15.4. The van der Waals surface area contributed by atoms with Crippen molar-refractivity contribution in [1.29, 1.82) is 0 Å². The Morgan fingerprint density at radius 2 is 1.93 bits per heavy atom. The number of para-hydroxylation sites is 1. The number of aromatic nitrogens is 1. The van der Waals surface area contributed by atoms with Crippen molar-refractivity contribution in [2.24, 2.45) is 0 Å². The van der Waals surface area contributed by atoms with Gasteiger partial charge in [0.2, 0.25) is 5.91 Å². The first kappa shape index (κ1) is 17.8. The van der Waals surface area contributed by atoms with E-state index in [1.807, 2.05) is 36.5 Å². The van der Waals surface area contributed by atoms with Crippen LogP contribution in [0.5, 0.6) is 0 Å². The number of hydrogen-bond donors (Lipinski definition) is 2. The van der Waals surface area contributed by atoms with E-state index in [2.05, 4.69) is 10.3 Å². The van der Waals surface area contributed by atoms with Gasteiger partial charge < -0.3 is 10.3 Å². The van der Waals surface area contributed by atoms with Gasteiger partial charge in [-0.3, -0.25) is 4.79 Å². The van der Waals surface area contributed by atoms with Gasteiger partial charge in [-0.25, -0.2) is 4.39 Å². The Morgan fingerprint density at radius 3 is 2.74 bits per heavy atom. The smallest absolute Gasteiger partial charge is 0.221 e. The molecule has 4 heteroatoms. The van der Waals surface area contributed by atoms with Gasteiger partial charge >= 0.3 is 0 Å². The number of benzene rings is 2. The summed E-state index contributed by atoms with van der Waals surface area (Å²) < 4.78 is 13.9. The molecule has 0 spiro atoms. The monoisotopic (exact) mass is 364 g/mol. The van der Waals surface area contributed by atoms with Gasteiger partial charge in [0.15, 0.2) is 0 Å². The SMILES string of the molecule is O=C(C[C@@H](c1cccc(F)c1)c1c[nH]c2ccccc12)NC1CCCCC1. The molecule has 1 heterocycles. The molecule has 0 unspecified atom stereocenters. The van der Waals surface area contributed by atoms with E-state index in [0.717, 1.165) is 34.9 Å². The minimum Gasteiger partial charge on any atom is -0.361 e. The Labute approximate surface area is 159 Å². The lowest BCUT2D eigenvalue weighted by atomic mass is 9.87. The van der Waals surface area contributed by atoms with Crippen LogP contribution < -0.4 is 5.32 Å². The summed E-state index contributed by atoms with van der Waals surface area (Å²) in [6.45, 7) is 0. The summed E-state index contributed by atoms with van der Waals surface area (Å²) in [5, 5.41) is 4.28. The Hall–Kier alpha value is -2.62. The molecule has 1 aliphatic rings. The molecule has 2 aromatic carbocycles. The highest BCUT2D eigenvalue weighted by Gasteiger charge is 2.23. The van der Waals surface area contributed by atoms with Gasteiger partial charge in [0.1, 0.15) is 5.82 Å². The van der Waals surface area contributed by atoms with Crippen molar-refractivity contribution in [3.63, 3.8) is 0 Å². The molecular weight excluding hydrogens is 339 g/mol. The second-order valence-electron chi connectivity index (χ2n) is 7.50. The third-order valence-corrected chi connectivity index (χ3v) is 5.61. The molecule has 1 fully saturated rings. The number of nitrogens with one attached hydrogen (secondary N) is 2. The lowest BCUT2D eigenvalue weighted by Gasteiger charge is -2.24. The van der Waals surface area contributed by atoms with Crippen molar-refractivity contribution < 1.29 is 9.18 Å². The van der Waals surface area contributed by atoms with Crippen molar-refractivity contribution in [1.82, 2.24) is 10.3 Å². The minimum absolute atomic E-state index is 0.0430. The number of H-pyrrole nitrogens is 1. The standard InChI is InChI=1S/C23H25FN2O/c24-17-8-6-7-16(13-17)20(14-23(27)26-18-9-2-1-3-10-18)21-15-25-22-12-5-4-11-19(21)22/h4-8,11-13,15,18,20,25H,1-3,9-10,14H2,(H,26,27)/t20-/m0/s1. The summed E-state index contributed by atoms with van der Waals surface area (Å²) in [6, 6.07) is 14.9. The zero-order chi connectivity index (χ0) is 18.6. The first-order valence-electron chi connectivity index (χ1n) is 9.81. The molecule has 4 rings (SSSR count). The molecular formula is C23H25FN2O. The van der Waals surface area contributed by atoms with Gasteiger partial charge in [-0.1, -0.05) is 49.6 Å². The normalized spacial score (nSPS) is 16.3. The van der Waals surface area contributed by atoms with Gasteiger partial charge in [-0.2, -0.15) is 0 Å². The van der Waals surface area contributed by atoms with Crippen LogP contribution in [0.4, 0.5) is 4.39 Å². The van der Waals surface area contributed by atoms with Gasteiger partial charge in [0.25, 0.3) is 0 Å². The molecule has 0 saturated heterocycles. The van der Waals surface area contributed by atoms with E-state index in [1.165, 1.54) is 25.3 Å². The molecule has 140 valence electrons. The van der Waals surface area contributed by atoms with Crippen molar-refractivity contribution in [2.75, 3.05) is 0 Å². The highest BCUT2D eigenvalue weighted by atomic mass is 19.1. The van der Waals surface area contributed by atoms with E-state index in [1.54, 1.807) is 12.1 Å².